The Bertz CT molecular complexity index is 615. The van der Waals surface area contributed by atoms with Gasteiger partial charge in [-0.25, -0.2) is 5.43 Å². The van der Waals surface area contributed by atoms with Crippen LogP contribution in [0.2, 0.25) is 0 Å². The summed E-state index contributed by atoms with van der Waals surface area (Å²) < 4.78 is 1.27. The molecule has 3 aromatic rings. The summed E-state index contributed by atoms with van der Waals surface area (Å²) in [6.07, 6.45) is 3.61. The Morgan fingerprint density at radius 2 is 2.06 bits per heavy atom. The van der Waals surface area contributed by atoms with Gasteiger partial charge >= 0.3 is 0 Å². The quantitative estimate of drug-likeness (QED) is 0.559. The monoisotopic (exact) mass is 255 g/mol. The summed E-state index contributed by atoms with van der Waals surface area (Å²) in [5, 5.41) is 1.25. The third kappa shape index (κ3) is 2.01. The molecule has 0 spiro atoms. The van der Waals surface area contributed by atoms with Gasteiger partial charge in [-0.2, -0.15) is 0 Å². The van der Waals surface area contributed by atoms with Crippen molar-refractivity contribution in [3.8, 4) is 0 Å². The highest BCUT2D eigenvalue weighted by Gasteiger charge is 2.15. The molecule has 2 aromatic heterocycles. The first-order valence-corrected chi connectivity index (χ1v) is 6.54. The SMILES string of the molecule is NNC(c1cccnc1)c1cc2ccccc2s1. The van der Waals surface area contributed by atoms with E-state index in [1.807, 2.05) is 24.4 Å². The van der Waals surface area contributed by atoms with Crippen LogP contribution in [0.3, 0.4) is 0 Å². The standard InChI is InChI=1S/C14H13N3S/c15-17-14(11-5-3-7-16-9-11)13-8-10-4-1-2-6-12(10)18-13/h1-9,14,17H,15H2. The predicted molar refractivity (Wildman–Crippen MR) is 75.2 cm³/mol. The lowest BCUT2D eigenvalue weighted by Gasteiger charge is -2.13. The second-order valence-electron chi connectivity index (χ2n) is 4.07. The number of thiophene rings is 1. The number of fused-ring (bicyclic) bond motifs is 1. The number of nitrogens with zero attached hydrogens (tertiary/aromatic N) is 1. The Hall–Kier alpha value is -1.75. The van der Waals surface area contributed by atoms with Gasteiger partial charge in [-0.05, 0) is 29.1 Å². The molecule has 1 atom stereocenters. The van der Waals surface area contributed by atoms with Gasteiger partial charge in [0.2, 0.25) is 0 Å². The molecule has 18 heavy (non-hydrogen) atoms. The normalized spacial score (nSPS) is 12.7. The highest BCUT2D eigenvalue weighted by molar-refractivity contribution is 7.19. The number of rotatable bonds is 3. The Morgan fingerprint density at radius 1 is 1.17 bits per heavy atom. The average molecular weight is 255 g/mol. The van der Waals surface area contributed by atoms with Gasteiger partial charge in [-0.1, -0.05) is 24.3 Å². The minimum atomic E-state index is -0.00361. The van der Waals surface area contributed by atoms with Gasteiger partial charge in [0, 0.05) is 22.0 Å². The zero-order valence-corrected chi connectivity index (χ0v) is 10.5. The first-order valence-electron chi connectivity index (χ1n) is 5.73. The number of hydrogen-bond donors (Lipinski definition) is 2. The molecular weight excluding hydrogens is 242 g/mol. The Morgan fingerprint density at radius 3 is 2.78 bits per heavy atom. The highest BCUT2D eigenvalue weighted by Crippen LogP contribution is 2.32. The molecule has 0 bridgehead atoms. The summed E-state index contributed by atoms with van der Waals surface area (Å²) >= 11 is 1.75. The third-order valence-electron chi connectivity index (χ3n) is 2.91. The molecule has 0 aliphatic carbocycles. The van der Waals surface area contributed by atoms with Gasteiger partial charge in [-0.3, -0.25) is 10.8 Å². The summed E-state index contributed by atoms with van der Waals surface area (Å²) in [6.45, 7) is 0. The van der Waals surface area contributed by atoms with Crippen LogP contribution in [0.1, 0.15) is 16.5 Å². The number of benzene rings is 1. The van der Waals surface area contributed by atoms with Gasteiger partial charge in [-0.15, -0.1) is 11.3 Å². The zero-order chi connectivity index (χ0) is 12.4. The van der Waals surface area contributed by atoms with Crippen molar-refractivity contribution in [3.05, 3.63) is 65.3 Å². The van der Waals surface area contributed by atoms with Crippen LogP contribution < -0.4 is 11.3 Å². The molecule has 0 radical (unpaired) electrons. The second-order valence-corrected chi connectivity index (χ2v) is 5.19. The molecule has 0 saturated carbocycles. The lowest BCUT2D eigenvalue weighted by molar-refractivity contribution is 0.644. The average Bonchev–Trinajstić information content (AvgIpc) is 2.84. The van der Waals surface area contributed by atoms with Crippen LogP contribution >= 0.6 is 11.3 Å². The van der Waals surface area contributed by atoms with E-state index in [9.17, 15) is 0 Å². The number of nitrogens with one attached hydrogen (secondary N) is 1. The van der Waals surface area contributed by atoms with Crippen LogP contribution in [0.25, 0.3) is 10.1 Å². The predicted octanol–water partition coefficient (Wildman–Crippen LogP) is 2.85. The topological polar surface area (TPSA) is 50.9 Å². The molecule has 1 aromatic carbocycles. The fourth-order valence-electron chi connectivity index (χ4n) is 2.03. The van der Waals surface area contributed by atoms with Crippen molar-refractivity contribution in [3.63, 3.8) is 0 Å². The van der Waals surface area contributed by atoms with Crippen molar-refractivity contribution in [1.82, 2.24) is 10.4 Å². The van der Waals surface area contributed by atoms with Gasteiger partial charge in [0.15, 0.2) is 0 Å². The van der Waals surface area contributed by atoms with Crippen molar-refractivity contribution in [1.29, 1.82) is 0 Å². The molecule has 3 N–H and O–H groups in total. The maximum Gasteiger partial charge on any atom is 0.0817 e. The number of aromatic nitrogens is 1. The zero-order valence-electron chi connectivity index (χ0n) is 9.71. The van der Waals surface area contributed by atoms with Crippen LogP contribution in [-0.2, 0) is 0 Å². The van der Waals surface area contributed by atoms with Crippen molar-refractivity contribution in [2.75, 3.05) is 0 Å². The lowest BCUT2D eigenvalue weighted by atomic mass is 10.1. The van der Waals surface area contributed by atoms with Gasteiger partial charge in [0.05, 0.1) is 6.04 Å². The fraction of sp³-hybridized carbons (Fsp3) is 0.0714. The lowest BCUT2D eigenvalue weighted by Crippen LogP contribution is -2.28. The molecule has 0 amide bonds. The molecular formula is C14H13N3S. The van der Waals surface area contributed by atoms with Gasteiger partial charge in [0.25, 0.3) is 0 Å². The first-order chi connectivity index (χ1) is 8.88. The maximum atomic E-state index is 5.69. The molecule has 0 fully saturated rings. The summed E-state index contributed by atoms with van der Waals surface area (Å²) in [7, 11) is 0. The minimum absolute atomic E-state index is 0.00361. The van der Waals surface area contributed by atoms with E-state index in [0.717, 1.165) is 5.56 Å². The number of pyridine rings is 1. The van der Waals surface area contributed by atoms with E-state index in [-0.39, 0.29) is 6.04 Å². The molecule has 0 saturated heterocycles. The van der Waals surface area contributed by atoms with Gasteiger partial charge < -0.3 is 0 Å². The number of hydrazine groups is 1. The highest BCUT2D eigenvalue weighted by atomic mass is 32.1. The first kappa shape index (κ1) is 11.3. The van der Waals surface area contributed by atoms with Crippen molar-refractivity contribution in [2.45, 2.75) is 6.04 Å². The molecule has 4 heteroatoms. The summed E-state index contributed by atoms with van der Waals surface area (Å²) in [6, 6.07) is 14.5. The van der Waals surface area contributed by atoms with E-state index < -0.39 is 0 Å². The Balaban J connectivity index is 2.06. The molecule has 1 unspecified atom stereocenters. The summed E-state index contributed by atoms with van der Waals surface area (Å²) in [5.74, 6) is 5.69. The van der Waals surface area contributed by atoms with Crippen molar-refractivity contribution >= 4 is 21.4 Å². The van der Waals surface area contributed by atoms with Crippen molar-refractivity contribution < 1.29 is 0 Å². The fourth-order valence-corrected chi connectivity index (χ4v) is 3.19. The van der Waals surface area contributed by atoms with E-state index in [2.05, 4.69) is 34.7 Å². The molecule has 0 aliphatic heterocycles. The summed E-state index contributed by atoms with van der Waals surface area (Å²) in [5.41, 5.74) is 3.94. The van der Waals surface area contributed by atoms with Gasteiger partial charge in [0.1, 0.15) is 0 Å². The Kier molecular flexibility index (Phi) is 3.06. The van der Waals surface area contributed by atoms with E-state index >= 15 is 0 Å². The van der Waals surface area contributed by atoms with Crippen LogP contribution in [0.15, 0.2) is 54.9 Å². The van der Waals surface area contributed by atoms with E-state index in [1.165, 1.54) is 15.0 Å². The van der Waals surface area contributed by atoms with Crippen LogP contribution in [0.5, 0.6) is 0 Å². The Labute approximate surface area is 109 Å². The summed E-state index contributed by atoms with van der Waals surface area (Å²) in [4.78, 5) is 5.34. The van der Waals surface area contributed by atoms with Crippen LogP contribution in [0, 0.1) is 0 Å². The molecule has 0 aliphatic rings. The maximum absolute atomic E-state index is 5.69. The van der Waals surface area contributed by atoms with E-state index in [4.69, 9.17) is 5.84 Å². The molecule has 3 nitrogen and oxygen atoms in total. The second kappa shape index (κ2) is 4.86. The van der Waals surface area contributed by atoms with Crippen LogP contribution in [0.4, 0.5) is 0 Å². The minimum Gasteiger partial charge on any atom is -0.271 e. The van der Waals surface area contributed by atoms with E-state index in [1.54, 1.807) is 17.5 Å². The third-order valence-corrected chi connectivity index (χ3v) is 4.09. The van der Waals surface area contributed by atoms with Crippen LogP contribution in [-0.4, -0.2) is 4.98 Å². The molecule has 90 valence electrons. The smallest absolute Gasteiger partial charge is 0.0817 e. The molecule has 3 rings (SSSR count). The molecule has 2 heterocycles. The number of nitrogens with two attached hydrogens (primary N) is 1. The number of hydrogen-bond acceptors (Lipinski definition) is 4. The largest absolute Gasteiger partial charge is 0.271 e. The van der Waals surface area contributed by atoms with Crippen molar-refractivity contribution in [2.24, 2.45) is 5.84 Å². The van der Waals surface area contributed by atoms with E-state index in [0.29, 0.717) is 0 Å².